The third-order valence-corrected chi connectivity index (χ3v) is 3.98. The molecule has 5 nitrogen and oxygen atoms in total. The number of ether oxygens (including phenoxy) is 1. The first-order valence-electron chi connectivity index (χ1n) is 7.30. The largest absolute Gasteiger partial charge is 0.477 e. The van der Waals surface area contributed by atoms with Gasteiger partial charge >= 0.3 is 0 Å². The van der Waals surface area contributed by atoms with Crippen LogP contribution in [0.3, 0.4) is 0 Å². The predicted octanol–water partition coefficient (Wildman–Crippen LogP) is 1.45. The summed E-state index contributed by atoms with van der Waals surface area (Å²) in [5.74, 6) is 2.35. The Morgan fingerprint density at radius 2 is 2.37 bits per heavy atom. The lowest BCUT2D eigenvalue weighted by atomic mass is 9.94. The number of nitrogens with zero attached hydrogens (tertiary/aromatic N) is 3. The first kappa shape index (κ1) is 12.7. The summed E-state index contributed by atoms with van der Waals surface area (Å²) in [7, 11) is 0. The van der Waals surface area contributed by atoms with Crippen LogP contribution in [0.1, 0.15) is 26.2 Å². The fourth-order valence-electron chi connectivity index (χ4n) is 3.00. The molecule has 3 rings (SSSR count). The number of fused-ring (bicyclic) bond motifs is 1. The first-order chi connectivity index (χ1) is 9.36. The van der Waals surface area contributed by atoms with Gasteiger partial charge in [-0.2, -0.15) is 4.98 Å². The zero-order valence-corrected chi connectivity index (χ0v) is 11.5. The van der Waals surface area contributed by atoms with Crippen molar-refractivity contribution in [3.05, 3.63) is 12.4 Å². The number of aromatic nitrogens is 2. The molecule has 1 aromatic rings. The van der Waals surface area contributed by atoms with Crippen molar-refractivity contribution in [3.8, 4) is 5.88 Å². The fraction of sp³-hybridized carbons (Fsp3) is 0.714. The van der Waals surface area contributed by atoms with Crippen LogP contribution < -0.4 is 15.0 Å². The van der Waals surface area contributed by atoms with Gasteiger partial charge in [0.2, 0.25) is 5.88 Å². The van der Waals surface area contributed by atoms with E-state index in [1.807, 2.05) is 6.20 Å². The van der Waals surface area contributed by atoms with Crippen LogP contribution in [0.4, 0.5) is 5.82 Å². The first-order valence-corrected chi connectivity index (χ1v) is 7.30. The molecule has 2 atom stereocenters. The molecular formula is C14H22N4O. The monoisotopic (exact) mass is 262 g/mol. The van der Waals surface area contributed by atoms with Crippen molar-refractivity contribution in [3.63, 3.8) is 0 Å². The lowest BCUT2D eigenvalue weighted by Crippen LogP contribution is -2.40. The third kappa shape index (κ3) is 2.81. The van der Waals surface area contributed by atoms with E-state index in [2.05, 4.69) is 27.1 Å². The van der Waals surface area contributed by atoms with E-state index < -0.39 is 0 Å². The predicted molar refractivity (Wildman–Crippen MR) is 74.5 cm³/mol. The van der Waals surface area contributed by atoms with Gasteiger partial charge in [-0.15, -0.1) is 0 Å². The highest BCUT2D eigenvalue weighted by atomic mass is 16.5. The zero-order valence-electron chi connectivity index (χ0n) is 11.5. The summed E-state index contributed by atoms with van der Waals surface area (Å²) < 4.78 is 5.56. The number of rotatable bonds is 4. The Labute approximate surface area is 114 Å². The van der Waals surface area contributed by atoms with Crippen molar-refractivity contribution in [1.82, 2.24) is 15.3 Å². The van der Waals surface area contributed by atoms with Gasteiger partial charge in [0.1, 0.15) is 0 Å². The van der Waals surface area contributed by atoms with Crippen LogP contribution in [0, 0.1) is 5.92 Å². The molecule has 0 amide bonds. The van der Waals surface area contributed by atoms with Crippen molar-refractivity contribution in [1.29, 1.82) is 0 Å². The molecule has 2 saturated heterocycles. The van der Waals surface area contributed by atoms with Crippen LogP contribution in [-0.2, 0) is 0 Å². The Morgan fingerprint density at radius 1 is 1.42 bits per heavy atom. The second kappa shape index (κ2) is 5.74. The Hall–Kier alpha value is -1.36. The van der Waals surface area contributed by atoms with E-state index in [1.54, 1.807) is 6.20 Å². The van der Waals surface area contributed by atoms with Gasteiger partial charge in [0, 0.05) is 19.1 Å². The molecule has 0 saturated carbocycles. The van der Waals surface area contributed by atoms with Crippen molar-refractivity contribution >= 4 is 5.82 Å². The van der Waals surface area contributed by atoms with Crippen LogP contribution in [0.5, 0.6) is 5.88 Å². The van der Waals surface area contributed by atoms with Crippen LogP contribution in [0.2, 0.25) is 0 Å². The number of hydrogen-bond acceptors (Lipinski definition) is 5. The fourth-order valence-corrected chi connectivity index (χ4v) is 3.00. The molecule has 5 heteroatoms. The molecule has 2 aliphatic heterocycles. The molecule has 1 N–H and O–H groups in total. The molecule has 0 unspecified atom stereocenters. The summed E-state index contributed by atoms with van der Waals surface area (Å²) in [6.45, 7) is 6.07. The minimum absolute atomic E-state index is 0.621. The smallest absolute Gasteiger partial charge is 0.234 e. The average Bonchev–Trinajstić information content (AvgIpc) is 2.89. The van der Waals surface area contributed by atoms with Gasteiger partial charge in [0.05, 0.1) is 19.0 Å². The molecule has 2 aliphatic rings. The van der Waals surface area contributed by atoms with Crippen LogP contribution >= 0.6 is 0 Å². The summed E-state index contributed by atoms with van der Waals surface area (Å²) in [6.07, 6.45) is 7.15. The number of piperidine rings is 1. The normalized spacial score (nSPS) is 26.3. The van der Waals surface area contributed by atoms with E-state index in [1.165, 1.54) is 12.8 Å². The highest BCUT2D eigenvalue weighted by Crippen LogP contribution is 2.28. The maximum Gasteiger partial charge on any atom is 0.234 e. The summed E-state index contributed by atoms with van der Waals surface area (Å²) in [5.41, 5.74) is 0. The molecule has 2 fully saturated rings. The van der Waals surface area contributed by atoms with E-state index in [0.29, 0.717) is 18.5 Å². The van der Waals surface area contributed by atoms with E-state index in [-0.39, 0.29) is 0 Å². The van der Waals surface area contributed by atoms with Gasteiger partial charge < -0.3 is 15.0 Å². The van der Waals surface area contributed by atoms with Gasteiger partial charge in [-0.3, -0.25) is 4.98 Å². The van der Waals surface area contributed by atoms with Crippen LogP contribution in [0.15, 0.2) is 12.4 Å². The third-order valence-electron chi connectivity index (χ3n) is 3.98. The quantitative estimate of drug-likeness (QED) is 0.890. The van der Waals surface area contributed by atoms with Crippen LogP contribution in [0.25, 0.3) is 0 Å². The second-order valence-corrected chi connectivity index (χ2v) is 5.43. The molecule has 3 heterocycles. The average molecular weight is 262 g/mol. The van der Waals surface area contributed by atoms with Crippen molar-refractivity contribution < 1.29 is 4.74 Å². The van der Waals surface area contributed by atoms with Gasteiger partial charge in [0.25, 0.3) is 0 Å². The van der Waals surface area contributed by atoms with Gasteiger partial charge in [-0.25, -0.2) is 0 Å². The number of nitrogens with one attached hydrogen (secondary N) is 1. The molecule has 0 spiro atoms. The molecule has 0 aromatic carbocycles. The molecule has 0 aliphatic carbocycles. The van der Waals surface area contributed by atoms with Gasteiger partial charge in [-0.05, 0) is 31.7 Å². The summed E-state index contributed by atoms with van der Waals surface area (Å²) >= 11 is 0. The highest BCUT2D eigenvalue weighted by molar-refractivity contribution is 5.40. The maximum absolute atomic E-state index is 5.56. The standard InChI is InChI=1S/C14H22N4O/c1-2-6-19-14-8-15-7-13(17-14)18-9-11-4-3-5-16-12(11)10-18/h7-8,11-12,16H,2-6,9-10H2,1H3/t11-,12+/m0/s1. The Bertz CT molecular complexity index is 412. The Kier molecular flexibility index (Phi) is 3.82. The molecule has 0 radical (unpaired) electrons. The lowest BCUT2D eigenvalue weighted by Gasteiger charge is -2.24. The van der Waals surface area contributed by atoms with Crippen molar-refractivity contribution in [2.24, 2.45) is 5.92 Å². The Balaban J connectivity index is 1.68. The SMILES string of the molecule is CCCOc1cncc(N2C[C@@H]3CCCN[C@@H]3C2)n1. The Morgan fingerprint density at radius 3 is 3.21 bits per heavy atom. The minimum Gasteiger partial charge on any atom is -0.477 e. The highest BCUT2D eigenvalue weighted by Gasteiger charge is 2.34. The molecule has 1 aromatic heterocycles. The zero-order chi connectivity index (χ0) is 13.1. The maximum atomic E-state index is 5.56. The van der Waals surface area contributed by atoms with Crippen molar-refractivity contribution in [2.45, 2.75) is 32.2 Å². The van der Waals surface area contributed by atoms with E-state index in [4.69, 9.17) is 4.74 Å². The van der Waals surface area contributed by atoms with Gasteiger partial charge in [-0.1, -0.05) is 6.92 Å². The number of anilines is 1. The summed E-state index contributed by atoms with van der Waals surface area (Å²) in [5, 5.41) is 3.61. The molecular weight excluding hydrogens is 240 g/mol. The van der Waals surface area contributed by atoms with E-state index in [0.717, 1.165) is 37.8 Å². The topological polar surface area (TPSA) is 50.3 Å². The minimum atomic E-state index is 0.621. The van der Waals surface area contributed by atoms with Gasteiger partial charge in [0.15, 0.2) is 5.82 Å². The lowest BCUT2D eigenvalue weighted by molar-refractivity contribution is 0.304. The second-order valence-electron chi connectivity index (χ2n) is 5.43. The van der Waals surface area contributed by atoms with Crippen molar-refractivity contribution in [2.75, 3.05) is 31.1 Å². The summed E-state index contributed by atoms with van der Waals surface area (Å²) in [4.78, 5) is 11.1. The molecule has 104 valence electrons. The molecule has 19 heavy (non-hydrogen) atoms. The van der Waals surface area contributed by atoms with Crippen LogP contribution in [-0.4, -0.2) is 42.3 Å². The molecule has 0 bridgehead atoms. The summed E-state index contributed by atoms with van der Waals surface area (Å²) in [6, 6.07) is 0.621. The van der Waals surface area contributed by atoms with E-state index in [9.17, 15) is 0 Å². The van der Waals surface area contributed by atoms with E-state index >= 15 is 0 Å². The number of hydrogen-bond donors (Lipinski definition) is 1.